The smallest absolute Gasteiger partial charge is 0.242 e. The molecule has 1 fully saturated rings. The summed E-state index contributed by atoms with van der Waals surface area (Å²) < 4.78 is 30.9. The average molecular weight is 309 g/mol. The molecule has 0 unspecified atom stereocenters. The van der Waals surface area contributed by atoms with Crippen LogP contribution >= 0.6 is 0 Å². The van der Waals surface area contributed by atoms with E-state index in [1.807, 2.05) is 4.57 Å². The summed E-state index contributed by atoms with van der Waals surface area (Å²) in [7, 11) is -1.75. The topological polar surface area (TPSA) is 94.9 Å². The number of hydrogen-bond acceptors (Lipinski definition) is 4. The van der Waals surface area contributed by atoms with Crippen LogP contribution in [0.3, 0.4) is 0 Å². The molecule has 2 aromatic heterocycles. The van der Waals surface area contributed by atoms with Gasteiger partial charge in [-0.05, 0) is 25.0 Å². The van der Waals surface area contributed by atoms with Gasteiger partial charge in [-0.3, -0.25) is 4.68 Å². The van der Waals surface area contributed by atoms with Gasteiger partial charge in [-0.25, -0.2) is 13.1 Å². The van der Waals surface area contributed by atoms with E-state index in [1.54, 1.807) is 36.3 Å². The van der Waals surface area contributed by atoms with Crippen LogP contribution in [0.15, 0.2) is 29.4 Å². The first-order chi connectivity index (χ1) is 9.99. The molecule has 7 nitrogen and oxygen atoms in total. The molecule has 0 aromatic carbocycles. The van der Waals surface area contributed by atoms with Gasteiger partial charge in [0.1, 0.15) is 0 Å². The molecule has 8 heteroatoms. The maximum Gasteiger partial charge on any atom is 0.242 e. The number of sulfonamides is 1. The fourth-order valence-electron chi connectivity index (χ4n) is 2.31. The van der Waals surface area contributed by atoms with Gasteiger partial charge in [0.2, 0.25) is 10.0 Å². The summed E-state index contributed by atoms with van der Waals surface area (Å²) in [6.07, 6.45) is 5.63. The molecule has 2 aromatic rings. The third-order valence-corrected chi connectivity index (χ3v) is 4.95. The number of nitrogens with zero attached hydrogens (tertiary/aromatic N) is 3. The molecule has 0 atom stereocenters. The van der Waals surface area contributed by atoms with Gasteiger partial charge in [-0.1, -0.05) is 0 Å². The van der Waals surface area contributed by atoms with Crippen LogP contribution in [0.1, 0.15) is 30.3 Å². The van der Waals surface area contributed by atoms with E-state index in [9.17, 15) is 8.42 Å². The molecule has 0 bridgehead atoms. The second-order valence-corrected chi connectivity index (χ2v) is 7.08. The lowest BCUT2D eigenvalue weighted by Gasteiger charge is -2.04. The Kier molecular flexibility index (Phi) is 3.60. The molecule has 1 aliphatic rings. The highest BCUT2D eigenvalue weighted by molar-refractivity contribution is 7.89. The molecule has 21 heavy (non-hydrogen) atoms. The molecule has 0 saturated heterocycles. The van der Waals surface area contributed by atoms with E-state index in [0.717, 1.165) is 18.5 Å². The zero-order chi connectivity index (χ0) is 15.0. The first kappa shape index (κ1) is 14.3. The predicted octanol–water partition coefficient (Wildman–Crippen LogP) is 0.494. The van der Waals surface area contributed by atoms with Gasteiger partial charge in [0, 0.05) is 37.7 Å². The molecule has 1 saturated carbocycles. The fraction of sp³-hybridized carbons (Fsp3) is 0.462. The number of aromatic nitrogens is 3. The number of hydrogen-bond donors (Lipinski definition) is 2. The van der Waals surface area contributed by atoms with Crippen molar-refractivity contribution in [1.29, 1.82) is 0 Å². The normalized spacial score (nSPS) is 15.5. The van der Waals surface area contributed by atoms with E-state index >= 15 is 0 Å². The van der Waals surface area contributed by atoms with Crippen molar-refractivity contribution < 1.29 is 8.42 Å². The molecule has 0 spiro atoms. The SMILES string of the molecule is Cn1ccc(CNS(=O)(=O)c2cc(CN)n(C3CC3)c2)n1. The number of rotatable bonds is 6. The molecular formula is C13H19N5O2S. The third-order valence-electron chi connectivity index (χ3n) is 3.58. The zero-order valence-electron chi connectivity index (χ0n) is 11.9. The van der Waals surface area contributed by atoms with Crippen molar-refractivity contribution >= 4 is 10.0 Å². The van der Waals surface area contributed by atoms with Crippen LogP contribution in [-0.4, -0.2) is 22.8 Å². The monoisotopic (exact) mass is 309 g/mol. The minimum atomic E-state index is -3.54. The first-order valence-corrected chi connectivity index (χ1v) is 8.37. The van der Waals surface area contributed by atoms with Gasteiger partial charge in [0.05, 0.1) is 17.1 Å². The third kappa shape index (κ3) is 3.02. The minimum Gasteiger partial charge on any atom is -0.346 e. The summed E-state index contributed by atoms with van der Waals surface area (Å²) in [6.45, 7) is 0.516. The van der Waals surface area contributed by atoms with Crippen LogP contribution in [-0.2, 0) is 30.2 Å². The summed E-state index contributed by atoms with van der Waals surface area (Å²) in [6, 6.07) is 3.84. The number of aryl methyl sites for hydroxylation is 1. The molecular weight excluding hydrogens is 290 g/mol. The van der Waals surface area contributed by atoms with Crippen molar-refractivity contribution in [2.24, 2.45) is 12.8 Å². The highest BCUT2D eigenvalue weighted by Crippen LogP contribution is 2.37. The van der Waals surface area contributed by atoms with E-state index in [2.05, 4.69) is 9.82 Å². The van der Waals surface area contributed by atoms with E-state index in [0.29, 0.717) is 18.3 Å². The summed E-state index contributed by atoms with van der Waals surface area (Å²) in [5.41, 5.74) is 7.23. The van der Waals surface area contributed by atoms with Gasteiger partial charge in [0.15, 0.2) is 0 Å². The average Bonchev–Trinajstić information content (AvgIpc) is 3.05. The second kappa shape index (κ2) is 5.28. The largest absolute Gasteiger partial charge is 0.346 e. The highest BCUT2D eigenvalue weighted by atomic mass is 32.2. The van der Waals surface area contributed by atoms with Crippen LogP contribution in [0.4, 0.5) is 0 Å². The Labute approximate surface area is 123 Å². The molecule has 0 aliphatic heterocycles. The van der Waals surface area contributed by atoms with Gasteiger partial charge >= 0.3 is 0 Å². The summed E-state index contributed by atoms with van der Waals surface area (Å²) in [4.78, 5) is 0.269. The Hall–Kier alpha value is -1.64. The lowest BCUT2D eigenvalue weighted by Crippen LogP contribution is -2.23. The Morgan fingerprint density at radius 2 is 2.24 bits per heavy atom. The molecule has 114 valence electrons. The molecule has 0 amide bonds. The predicted molar refractivity (Wildman–Crippen MR) is 77.8 cm³/mol. The van der Waals surface area contributed by atoms with Gasteiger partial charge in [-0.15, -0.1) is 0 Å². The van der Waals surface area contributed by atoms with Crippen molar-refractivity contribution in [1.82, 2.24) is 19.1 Å². The Morgan fingerprint density at radius 3 is 2.81 bits per heavy atom. The zero-order valence-corrected chi connectivity index (χ0v) is 12.7. The summed E-state index contributed by atoms with van der Waals surface area (Å²) in [5, 5.41) is 4.15. The maximum atomic E-state index is 12.3. The van der Waals surface area contributed by atoms with Crippen LogP contribution in [0.2, 0.25) is 0 Å². The van der Waals surface area contributed by atoms with E-state index in [-0.39, 0.29) is 11.4 Å². The van der Waals surface area contributed by atoms with Gasteiger partial charge in [0.25, 0.3) is 0 Å². The van der Waals surface area contributed by atoms with E-state index in [4.69, 9.17) is 5.73 Å². The Morgan fingerprint density at radius 1 is 1.48 bits per heavy atom. The lowest BCUT2D eigenvalue weighted by molar-refractivity contribution is 0.579. The quantitative estimate of drug-likeness (QED) is 0.812. The summed E-state index contributed by atoms with van der Waals surface area (Å²) in [5.74, 6) is 0. The maximum absolute atomic E-state index is 12.3. The number of nitrogens with one attached hydrogen (secondary N) is 1. The molecule has 1 aliphatic carbocycles. The van der Waals surface area contributed by atoms with E-state index in [1.165, 1.54) is 0 Å². The summed E-state index contributed by atoms with van der Waals surface area (Å²) >= 11 is 0. The highest BCUT2D eigenvalue weighted by Gasteiger charge is 2.27. The van der Waals surface area contributed by atoms with Crippen molar-refractivity contribution in [2.75, 3.05) is 0 Å². The van der Waals surface area contributed by atoms with Gasteiger partial charge < -0.3 is 10.3 Å². The fourth-order valence-corrected chi connectivity index (χ4v) is 3.36. The molecule has 3 rings (SSSR count). The van der Waals surface area contributed by atoms with Crippen LogP contribution < -0.4 is 10.5 Å². The lowest BCUT2D eigenvalue weighted by atomic mass is 10.4. The van der Waals surface area contributed by atoms with E-state index < -0.39 is 10.0 Å². The van der Waals surface area contributed by atoms with Crippen LogP contribution in [0.25, 0.3) is 0 Å². The second-order valence-electron chi connectivity index (χ2n) is 5.32. The van der Waals surface area contributed by atoms with Crippen LogP contribution in [0.5, 0.6) is 0 Å². The standard InChI is InChI=1S/C13H19N5O2S/c1-17-5-4-10(16-17)8-15-21(19,20)13-6-12(7-14)18(9-13)11-2-3-11/h4-6,9,11,15H,2-3,7-8,14H2,1H3. The van der Waals surface area contributed by atoms with Crippen molar-refractivity contribution in [2.45, 2.75) is 36.9 Å². The molecule has 2 heterocycles. The number of nitrogens with two attached hydrogens (primary N) is 1. The Balaban J connectivity index is 1.77. The van der Waals surface area contributed by atoms with Crippen molar-refractivity contribution in [3.05, 3.63) is 35.9 Å². The van der Waals surface area contributed by atoms with Crippen LogP contribution in [0, 0.1) is 0 Å². The minimum absolute atomic E-state index is 0.176. The molecule has 3 N–H and O–H groups in total. The van der Waals surface area contributed by atoms with Crippen molar-refractivity contribution in [3.8, 4) is 0 Å². The Bertz CT molecular complexity index is 742. The molecule has 0 radical (unpaired) electrons. The van der Waals surface area contributed by atoms with Gasteiger partial charge in [-0.2, -0.15) is 5.10 Å². The van der Waals surface area contributed by atoms with Crippen molar-refractivity contribution in [3.63, 3.8) is 0 Å². The first-order valence-electron chi connectivity index (χ1n) is 6.88.